The average molecular weight is 261 g/mol. The molecule has 0 unspecified atom stereocenters. The van der Waals surface area contributed by atoms with Crippen molar-refractivity contribution in [2.24, 2.45) is 10.9 Å². The molecule has 0 heterocycles. The summed E-state index contributed by atoms with van der Waals surface area (Å²) in [5, 5.41) is 4.49. The van der Waals surface area contributed by atoms with E-state index in [0.717, 1.165) is 11.1 Å². The Kier molecular flexibility index (Phi) is 4.20. The monoisotopic (exact) mass is 260 g/mol. The summed E-state index contributed by atoms with van der Waals surface area (Å²) in [6.07, 6.45) is 0. The van der Waals surface area contributed by atoms with Gasteiger partial charge in [-0.15, -0.1) is 0 Å². The predicted octanol–water partition coefficient (Wildman–Crippen LogP) is 3.18. The summed E-state index contributed by atoms with van der Waals surface area (Å²) < 4.78 is 0. The molecule has 0 aliphatic heterocycles. The van der Waals surface area contributed by atoms with Gasteiger partial charge in [0.25, 0.3) is 0 Å². The summed E-state index contributed by atoms with van der Waals surface area (Å²) in [7, 11) is 0. The zero-order valence-corrected chi connectivity index (χ0v) is 10.5. The van der Waals surface area contributed by atoms with Crippen LogP contribution >= 0.6 is 11.6 Å². The first-order valence-electron chi connectivity index (χ1n) is 5.51. The number of nitrogens with two attached hydrogens (primary N) is 1. The summed E-state index contributed by atoms with van der Waals surface area (Å²) in [5.41, 5.74) is 7.58. The number of amidine groups is 1. The Balaban J connectivity index is 1.97. The maximum atomic E-state index is 5.87. The summed E-state index contributed by atoms with van der Waals surface area (Å²) in [6, 6.07) is 16.9. The van der Waals surface area contributed by atoms with E-state index in [1.807, 2.05) is 42.5 Å². The van der Waals surface area contributed by atoms with E-state index in [1.54, 1.807) is 12.1 Å². The third-order valence-corrected chi connectivity index (χ3v) is 2.59. The second-order valence-corrected chi connectivity index (χ2v) is 4.18. The van der Waals surface area contributed by atoms with Gasteiger partial charge < -0.3 is 10.6 Å². The molecule has 0 atom stereocenters. The molecule has 0 aliphatic carbocycles. The minimum absolute atomic E-state index is 0.313. The third-order valence-electron chi connectivity index (χ3n) is 2.36. The Bertz CT molecular complexity index is 541. The molecule has 0 saturated carbocycles. The van der Waals surface area contributed by atoms with Crippen molar-refractivity contribution in [3.8, 4) is 0 Å². The van der Waals surface area contributed by atoms with Crippen molar-refractivity contribution in [1.82, 2.24) is 0 Å². The summed E-state index contributed by atoms with van der Waals surface area (Å²) in [4.78, 5) is 5.20. The quantitative estimate of drug-likeness (QED) is 0.521. The van der Waals surface area contributed by atoms with E-state index < -0.39 is 0 Å². The van der Waals surface area contributed by atoms with Crippen molar-refractivity contribution in [2.75, 3.05) is 0 Å². The number of rotatable bonds is 4. The Hall–Kier alpha value is -2.00. The number of hydrogen-bond donors (Lipinski definition) is 1. The van der Waals surface area contributed by atoms with Crippen LogP contribution < -0.4 is 5.73 Å². The average Bonchev–Trinajstić information content (AvgIpc) is 2.40. The highest BCUT2D eigenvalue weighted by Crippen LogP contribution is 2.10. The van der Waals surface area contributed by atoms with Crippen molar-refractivity contribution < 1.29 is 4.84 Å². The van der Waals surface area contributed by atoms with Crippen LogP contribution in [0.5, 0.6) is 0 Å². The zero-order chi connectivity index (χ0) is 12.8. The first-order valence-corrected chi connectivity index (χ1v) is 5.89. The lowest BCUT2D eigenvalue weighted by Gasteiger charge is -2.03. The van der Waals surface area contributed by atoms with Crippen LogP contribution in [0.2, 0.25) is 5.02 Å². The van der Waals surface area contributed by atoms with E-state index in [4.69, 9.17) is 22.2 Å². The minimum Gasteiger partial charge on any atom is -0.389 e. The van der Waals surface area contributed by atoms with Crippen molar-refractivity contribution in [1.29, 1.82) is 0 Å². The molecular formula is C14H13ClN2O. The van der Waals surface area contributed by atoms with Crippen LogP contribution in [0, 0.1) is 0 Å². The largest absolute Gasteiger partial charge is 0.389 e. The molecule has 0 aliphatic rings. The number of oxime groups is 1. The Morgan fingerprint density at radius 1 is 1.11 bits per heavy atom. The Morgan fingerprint density at radius 3 is 2.61 bits per heavy atom. The van der Waals surface area contributed by atoms with Gasteiger partial charge in [0.1, 0.15) is 6.61 Å². The molecule has 0 aromatic heterocycles. The molecule has 0 amide bonds. The summed E-state index contributed by atoms with van der Waals surface area (Å²) >= 11 is 5.87. The molecule has 2 rings (SSSR count). The molecule has 0 bridgehead atoms. The second kappa shape index (κ2) is 6.07. The fraction of sp³-hybridized carbons (Fsp3) is 0.0714. The molecule has 92 valence electrons. The van der Waals surface area contributed by atoms with Gasteiger partial charge in [-0.05, 0) is 17.7 Å². The fourth-order valence-electron chi connectivity index (χ4n) is 1.45. The first-order chi connectivity index (χ1) is 8.75. The maximum Gasteiger partial charge on any atom is 0.170 e. The fourth-order valence-corrected chi connectivity index (χ4v) is 1.64. The van der Waals surface area contributed by atoms with Gasteiger partial charge in [0.15, 0.2) is 5.84 Å². The molecule has 18 heavy (non-hydrogen) atoms. The number of benzene rings is 2. The number of halogens is 1. The highest BCUT2D eigenvalue weighted by molar-refractivity contribution is 6.31. The van der Waals surface area contributed by atoms with E-state index >= 15 is 0 Å². The Morgan fingerprint density at radius 2 is 1.89 bits per heavy atom. The van der Waals surface area contributed by atoms with Crippen LogP contribution in [-0.4, -0.2) is 5.84 Å². The lowest BCUT2D eigenvalue weighted by molar-refractivity contribution is 0.130. The van der Waals surface area contributed by atoms with E-state index in [2.05, 4.69) is 5.16 Å². The normalized spacial score (nSPS) is 11.3. The lowest BCUT2D eigenvalue weighted by Crippen LogP contribution is -2.13. The van der Waals surface area contributed by atoms with Crippen molar-refractivity contribution in [3.63, 3.8) is 0 Å². The predicted molar refractivity (Wildman–Crippen MR) is 73.4 cm³/mol. The van der Waals surface area contributed by atoms with Gasteiger partial charge in [0.05, 0.1) is 0 Å². The van der Waals surface area contributed by atoms with E-state index in [1.165, 1.54) is 0 Å². The molecule has 4 heteroatoms. The van der Waals surface area contributed by atoms with Gasteiger partial charge in [-0.1, -0.05) is 59.2 Å². The van der Waals surface area contributed by atoms with Crippen molar-refractivity contribution in [3.05, 3.63) is 70.7 Å². The topological polar surface area (TPSA) is 47.6 Å². The first kappa shape index (κ1) is 12.5. The standard InChI is InChI=1S/C14H13ClN2O/c15-13-8-4-7-12(9-13)14(16)17-18-10-11-5-2-1-3-6-11/h1-9H,10H2,(H2,16,17). The third kappa shape index (κ3) is 3.50. The van der Waals surface area contributed by atoms with E-state index in [0.29, 0.717) is 17.5 Å². The van der Waals surface area contributed by atoms with Gasteiger partial charge in [-0.25, -0.2) is 0 Å². The van der Waals surface area contributed by atoms with Gasteiger partial charge in [0.2, 0.25) is 0 Å². The second-order valence-electron chi connectivity index (χ2n) is 3.75. The maximum absolute atomic E-state index is 5.87. The highest BCUT2D eigenvalue weighted by atomic mass is 35.5. The molecular weight excluding hydrogens is 248 g/mol. The van der Waals surface area contributed by atoms with Crippen molar-refractivity contribution in [2.45, 2.75) is 6.61 Å². The molecule has 2 aromatic rings. The van der Waals surface area contributed by atoms with Gasteiger partial charge >= 0.3 is 0 Å². The molecule has 2 aromatic carbocycles. The molecule has 0 saturated heterocycles. The summed E-state index contributed by atoms with van der Waals surface area (Å²) in [6.45, 7) is 0.391. The van der Waals surface area contributed by atoms with Crippen LogP contribution in [0.4, 0.5) is 0 Å². The smallest absolute Gasteiger partial charge is 0.170 e. The number of hydrogen-bond acceptors (Lipinski definition) is 2. The Labute approximate surface area is 111 Å². The number of nitrogens with zero attached hydrogens (tertiary/aromatic N) is 1. The van der Waals surface area contributed by atoms with E-state index in [9.17, 15) is 0 Å². The van der Waals surface area contributed by atoms with Crippen LogP contribution in [0.15, 0.2) is 59.8 Å². The zero-order valence-electron chi connectivity index (χ0n) is 9.71. The van der Waals surface area contributed by atoms with Gasteiger partial charge in [-0.3, -0.25) is 0 Å². The minimum atomic E-state index is 0.313. The molecule has 2 N–H and O–H groups in total. The van der Waals surface area contributed by atoms with Gasteiger partial charge in [0, 0.05) is 10.6 Å². The van der Waals surface area contributed by atoms with E-state index in [-0.39, 0.29) is 0 Å². The lowest BCUT2D eigenvalue weighted by atomic mass is 10.2. The van der Waals surface area contributed by atoms with Crippen molar-refractivity contribution >= 4 is 17.4 Å². The highest BCUT2D eigenvalue weighted by Gasteiger charge is 1.99. The molecule has 3 nitrogen and oxygen atoms in total. The van der Waals surface area contributed by atoms with Crippen LogP contribution in [0.25, 0.3) is 0 Å². The summed E-state index contributed by atoms with van der Waals surface area (Å²) in [5.74, 6) is 0.313. The molecule has 0 spiro atoms. The van der Waals surface area contributed by atoms with Crippen LogP contribution in [-0.2, 0) is 11.4 Å². The van der Waals surface area contributed by atoms with Crippen LogP contribution in [0.3, 0.4) is 0 Å². The SMILES string of the molecule is N/C(=N/OCc1ccccc1)c1cccc(Cl)c1. The molecule has 0 fully saturated rings. The van der Waals surface area contributed by atoms with Crippen LogP contribution in [0.1, 0.15) is 11.1 Å². The van der Waals surface area contributed by atoms with Gasteiger partial charge in [-0.2, -0.15) is 0 Å². The molecule has 0 radical (unpaired) electrons.